The normalized spacial score (nSPS) is 19.2. The second-order valence-electron chi connectivity index (χ2n) is 6.83. The molecule has 0 spiro atoms. The second kappa shape index (κ2) is 7.09. The lowest BCUT2D eigenvalue weighted by molar-refractivity contribution is -0.124. The molecular formula is C17H27N3O2. The summed E-state index contributed by atoms with van der Waals surface area (Å²) in [5.41, 5.74) is 0.579. The van der Waals surface area contributed by atoms with Crippen LogP contribution in [0.4, 0.5) is 0 Å². The van der Waals surface area contributed by atoms with E-state index in [1.807, 2.05) is 32.9 Å². The van der Waals surface area contributed by atoms with Crippen molar-refractivity contribution in [1.82, 2.24) is 15.2 Å². The zero-order valence-electron chi connectivity index (χ0n) is 14.1. The van der Waals surface area contributed by atoms with Crippen LogP contribution < -0.4 is 10.1 Å². The molecule has 0 radical (unpaired) electrons. The fraction of sp³-hybridized carbons (Fsp3) is 0.647. The first kappa shape index (κ1) is 16.7. The van der Waals surface area contributed by atoms with Crippen molar-refractivity contribution >= 4 is 5.91 Å². The van der Waals surface area contributed by atoms with E-state index in [0.717, 1.165) is 18.5 Å². The molecule has 1 saturated heterocycles. The third kappa shape index (κ3) is 4.70. The van der Waals surface area contributed by atoms with Crippen molar-refractivity contribution in [3.8, 4) is 5.88 Å². The molecule has 1 aliphatic rings. The Morgan fingerprint density at radius 3 is 2.95 bits per heavy atom. The van der Waals surface area contributed by atoms with Gasteiger partial charge in [0.15, 0.2) is 0 Å². The Morgan fingerprint density at radius 1 is 1.55 bits per heavy atom. The van der Waals surface area contributed by atoms with Gasteiger partial charge < -0.3 is 15.0 Å². The molecule has 0 aliphatic carbocycles. The van der Waals surface area contributed by atoms with Crippen molar-refractivity contribution in [2.24, 2.45) is 0 Å². The largest absolute Gasteiger partial charge is 0.475 e. The highest BCUT2D eigenvalue weighted by Crippen LogP contribution is 2.18. The van der Waals surface area contributed by atoms with Crippen molar-refractivity contribution in [1.29, 1.82) is 0 Å². The molecule has 22 heavy (non-hydrogen) atoms. The number of ether oxygens (including phenoxy) is 1. The summed E-state index contributed by atoms with van der Waals surface area (Å²) in [6, 6.07) is 4.21. The molecule has 1 atom stereocenters. The van der Waals surface area contributed by atoms with Crippen LogP contribution in [-0.4, -0.2) is 47.6 Å². The number of carbonyl (C=O) groups is 1. The number of likely N-dealkylation sites (tertiary alicyclic amines) is 1. The van der Waals surface area contributed by atoms with Crippen LogP contribution >= 0.6 is 0 Å². The summed E-state index contributed by atoms with van der Waals surface area (Å²) >= 11 is 0. The van der Waals surface area contributed by atoms with Gasteiger partial charge in [-0.05, 0) is 53.3 Å². The zero-order valence-corrected chi connectivity index (χ0v) is 14.1. The van der Waals surface area contributed by atoms with E-state index in [2.05, 4.69) is 22.2 Å². The summed E-state index contributed by atoms with van der Waals surface area (Å²) in [4.78, 5) is 18.7. The Hall–Kier alpha value is -1.62. The predicted octanol–water partition coefficient (Wildman–Crippen LogP) is 2.15. The summed E-state index contributed by atoms with van der Waals surface area (Å²) < 4.78 is 5.76. The van der Waals surface area contributed by atoms with E-state index >= 15 is 0 Å². The number of hydrogen-bond donors (Lipinski definition) is 1. The lowest BCUT2D eigenvalue weighted by Gasteiger charge is -2.28. The van der Waals surface area contributed by atoms with Crippen molar-refractivity contribution in [2.75, 3.05) is 20.2 Å². The Balaban J connectivity index is 1.82. The molecule has 2 heterocycles. The van der Waals surface area contributed by atoms with E-state index in [4.69, 9.17) is 4.74 Å². The summed E-state index contributed by atoms with van der Waals surface area (Å²) in [7, 11) is 2.09. The molecule has 122 valence electrons. The highest BCUT2D eigenvalue weighted by atomic mass is 16.5. The van der Waals surface area contributed by atoms with Crippen LogP contribution in [-0.2, 0) is 4.79 Å². The first-order chi connectivity index (χ1) is 10.4. The lowest BCUT2D eigenvalue weighted by Crippen LogP contribution is -2.49. The lowest BCUT2D eigenvalue weighted by atomic mass is 10.1. The average Bonchev–Trinajstić information content (AvgIpc) is 2.82. The van der Waals surface area contributed by atoms with E-state index < -0.39 is 5.54 Å². The van der Waals surface area contributed by atoms with Crippen molar-refractivity contribution < 1.29 is 9.53 Å². The molecule has 5 heteroatoms. The molecule has 1 unspecified atom stereocenters. The highest BCUT2D eigenvalue weighted by molar-refractivity contribution is 5.77. The van der Waals surface area contributed by atoms with E-state index in [1.54, 1.807) is 6.20 Å². The summed E-state index contributed by atoms with van der Waals surface area (Å²) in [5.74, 6) is 0.713. The molecule has 0 saturated carbocycles. The summed E-state index contributed by atoms with van der Waals surface area (Å²) in [6.45, 7) is 7.40. The topological polar surface area (TPSA) is 54.5 Å². The van der Waals surface area contributed by atoms with Gasteiger partial charge in [-0.15, -0.1) is 0 Å². The first-order valence-corrected chi connectivity index (χ1v) is 7.93. The van der Waals surface area contributed by atoms with Crippen LogP contribution in [0.3, 0.4) is 0 Å². The van der Waals surface area contributed by atoms with E-state index in [0.29, 0.717) is 24.9 Å². The van der Waals surface area contributed by atoms with Crippen LogP contribution in [0.25, 0.3) is 0 Å². The number of nitrogens with zero attached hydrogens (tertiary/aromatic N) is 2. The zero-order chi connectivity index (χ0) is 16.2. The third-order valence-electron chi connectivity index (χ3n) is 4.10. The van der Waals surface area contributed by atoms with Gasteiger partial charge in [0.2, 0.25) is 11.8 Å². The maximum atomic E-state index is 12.2. The molecule has 1 fully saturated rings. The van der Waals surface area contributed by atoms with E-state index in [-0.39, 0.29) is 5.91 Å². The summed E-state index contributed by atoms with van der Waals surface area (Å²) in [5, 5.41) is 3.08. The number of aryl methyl sites for hydroxylation is 1. The van der Waals surface area contributed by atoms with Gasteiger partial charge in [-0.2, -0.15) is 0 Å². The Morgan fingerprint density at radius 2 is 2.32 bits per heavy atom. The van der Waals surface area contributed by atoms with Gasteiger partial charge in [-0.3, -0.25) is 4.79 Å². The maximum absolute atomic E-state index is 12.2. The van der Waals surface area contributed by atoms with Crippen LogP contribution in [0.1, 0.15) is 38.7 Å². The van der Waals surface area contributed by atoms with Crippen LogP contribution in [0.15, 0.2) is 18.3 Å². The Bertz CT molecular complexity index is 516. The maximum Gasteiger partial charge on any atom is 0.222 e. The molecule has 1 N–H and O–H groups in total. The molecule has 1 aliphatic heterocycles. The number of hydrogen-bond acceptors (Lipinski definition) is 4. The number of nitrogens with one attached hydrogen (secondary N) is 1. The number of aromatic nitrogens is 1. The van der Waals surface area contributed by atoms with Gasteiger partial charge in [-0.25, -0.2) is 4.98 Å². The predicted molar refractivity (Wildman–Crippen MR) is 87.0 cm³/mol. The number of carbonyl (C=O) groups excluding carboxylic acids is 1. The quantitative estimate of drug-likeness (QED) is 0.875. The average molecular weight is 305 g/mol. The molecule has 1 amide bonds. The fourth-order valence-electron chi connectivity index (χ4n) is 2.79. The number of rotatable bonds is 6. The molecule has 1 aromatic rings. The standard InChI is InChI=1S/C17H27N3O2/c1-13-7-5-9-18-16(13)22-12-17(2,3)19-15(21)11-14-8-6-10-20(14)4/h5,7,9,14H,6,8,10-12H2,1-4H3,(H,19,21). The number of pyridine rings is 1. The summed E-state index contributed by atoms with van der Waals surface area (Å²) in [6.07, 6.45) is 4.56. The Labute approximate surface area is 133 Å². The van der Waals surface area contributed by atoms with Crippen molar-refractivity contribution in [3.05, 3.63) is 23.9 Å². The monoisotopic (exact) mass is 305 g/mol. The van der Waals surface area contributed by atoms with Gasteiger partial charge >= 0.3 is 0 Å². The third-order valence-corrected chi connectivity index (χ3v) is 4.10. The highest BCUT2D eigenvalue weighted by Gasteiger charge is 2.27. The van der Waals surface area contributed by atoms with Gasteiger partial charge in [0.1, 0.15) is 6.61 Å². The minimum Gasteiger partial charge on any atom is -0.475 e. The molecule has 1 aromatic heterocycles. The SMILES string of the molecule is Cc1cccnc1OCC(C)(C)NC(=O)CC1CCCN1C. The first-order valence-electron chi connectivity index (χ1n) is 7.93. The second-order valence-corrected chi connectivity index (χ2v) is 6.83. The van der Waals surface area contributed by atoms with E-state index in [1.165, 1.54) is 6.42 Å². The van der Waals surface area contributed by atoms with Gasteiger partial charge in [0.05, 0.1) is 5.54 Å². The molecular weight excluding hydrogens is 278 g/mol. The van der Waals surface area contributed by atoms with Crippen LogP contribution in [0, 0.1) is 6.92 Å². The molecule has 2 rings (SSSR count). The Kier molecular flexibility index (Phi) is 5.40. The van der Waals surface area contributed by atoms with Crippen LogP contribution in [0.5, 0.6) is 5.88 Å². The van der Waals surface area contributed by atoms with Crippen molar-refractivity contribution in [2.45, 2.75) is 51.6 Å². The molecule has 0 bridgehead atoms. The van der Waals surface area contributed by atoms with Gasteiger partial charge in [0, 0.05) is 24.2 Å². The number of amides is 1. The van der Waals surface area contributed by atoms with Gasteiger partial charge in [-0.1, -0.05) is 6.07 Å². The molecule has 5 nitrogen and oxygen atoms in total. The fourth-order valence-corrected chi connectivity index (χ4v) is 2.79. The van der Waals surface area contributed by atoms with E-state index in [9.17, 15) is 4.79 Å². The molecule has 0 aromatic carbocycles. The minimum absolute atomic E-state index is 0.0880. The van der Waals surface area contributed by atoms with Crippen molar-refractivity contribution in [3.63, 3.8) is 0 Å². The van der Waals surface area contributed by atoms with Gasteiger partial charge in [0.25, 0.3) is 0 Å². The minimum atomic E-state index is -0.418. The van der Waals surface area contributed by atoms with Crippen LogP contribution in [0.2, 0.25) is 0 Å². The smallest absolute Gasteiger partial charge is 0.222 e.